The summed E-state index contributed by atoms with van der Waals surface area (Å²) in [4.78, 5) is 0. The molecule has 0 saturated carbocycles. The number of sulfone groups is 1. The van der Waals surface area contributed by atoms with Gasteiger partial charge in [0.05, 0.1) is 5.75 Å². The van der Waals surface area contributed by atoms with Gasteiger partial charge in [-0.3, -0.25) is 0 Å². The molecular weight excluding hydrogens is 283 g/mol. The molecule has 0 spiro atoms. The van der Waals surface area contributed by atoms with Gasteiger partial charge in [0.1, 0.15) is 0 Å². The number of rotatable bonds is 6. The molecule has 0 aliphatic rings. The average Bonchev–Trinajstić information content (AvgIpc) is 2.72. The highest BCUT2D eigenvalue weighted by molar-refractivity contribution is 7.91. The van der Waals surface area contributed by atoms with Crippen molar-refractivity contribution in [2.45, 2.75) is 32.2 Å². The molecule has 1 atom stereocenters. The zero-order valence-electron chi connectivity index (χ0n) is 10.4. The first kappa shape index (κ1) is 16.0. The Morgan fingerprint density at radius 2 is 2.00 bits per heavy atom. The number of nitrogens with zero attached hydrogens (tertiary/aromatic N) is 1. The summed E-state index contributed by atoms with van der Waals surface area (Å²) >= 11 is 0. The fraction of sp³-hybridized carbons (Fsp3) is 0.636. The third-order valence-electron chi connectivity index (χ3n) is 2.57. The molecule has 19 heavy (non-hydrogen) atoms. The van der Waals surface area contributed by atoms with Crippen LogP contribution in [0.4, 0.5) is 13.2 Å². The summed E-state index contributed by atoms with van der Waals surface area (Å²) in [5.74, 6) is -0.0661. The lowest BCUT2D eigenvalue weighted by atomic mass is 10.2. The van der Waals surface area contributed by atoms with Gasteiger partial charge >= 0.3 is 6.18 Å². The number of aromatic nitrogens is 1. The highest BCUT2D eigenvalue weighted by Gasteiger charge is 2.39. The Kier molecular flexibility index (Phi) is 5.03. The van der Waals surface area contributed by atoms with Gasteiger partial charge in [0.2, 0.25) is 0 Å². The molecule has 0 aliphatic carbocycles. The molecule has 0 bridgehead atoms. The molecule has 1 N–H and O–H groups in total. The fourth-order valence-electron chi connectivity index (χ4n) is 1.61. The van der Waals surface area contributed by atoms with E-state index in [4.69, 9.17) is 5.11 Å². The first-order valence-electron chi connectivity index (χ1n) is 5.76. The molecule has 8 heteroatoms. The van der Waals surface area contributed by atoms with Gasteiger partial charge in [-0.1, -0.05) is 6.92 Å². The van der Waals surface area contributed by atoms with E-state index in [1.807, 2.05) is 0 Å². The van der Waals surface area contributed by atoms with Gasteiger partial charge in [-0.05, 0) is 12.5 Å². The minimum atomic E-state index is -4.72. The smallest absolute Gasteiger partial charge is 0.379 e. The summed E-state index contributed by atoms with van der Waals surface area (Å²) < 4.78 is 61.0. The minimum Gasteiger partial charge on any atom is -0.379 e. The Labute approximate surface area is 109 Å². The quantitative estimate of drug-likeness (QED) is 0.873. The number of alkyl halides is 3. The second kappa shape index (κ2) is 5.96. The van der Waals surface area contributed by atoms with Gasteiger partial charge in [-0.15, -0.1) is 0 Å². The van der Waals surface area contributed by atoms with Gasteiger partial charge in [0.15, 0.2) is 15.9 Å². The minimum absolute atomic E-state index is 0.0618. The molecule has 1 aromatic rings. The van der Waals surface area contributed by atoms with E-state index in [0.29, 0.717) is 6.42 Å². The van der Waals surface area contributed by atoms with E-state index in [9.17, 15) is 21.6 Å². The SMILES string of the molecule is CCCS(=O)(=O)CCn1ccc(C(O)C(F)(F)F)c1. The van der Waals surface area contributed by atoms with Crippen LogP contribution in [0, 0.1) is 0 Å². The maximum absolute atomic E-state index is 12.3. The molecule has 0 amide bonds. The second-order valence-electron chi connectivity index (χ2n) is 4.28. The van der Waals surface area contributed by atoms with E-state index in [1.54, 1.807) is 6.92 Å². The first-order chi connectivity index (χ1) is 8.65. The van der Waals surface area contributed by atoms with E-state index < -0.39 is 22.1 Å². The molecule has 0 saturated heterocycles. The van der Waals surface area contributed by atoms with Crippen LogP contribution in [0.15, 0.2) is 18.5 Å². The number of aliphatic hydroxyl groups excluding tert-OH is 1. The van der Waals surface area contributed by atoms with Crippen LogP contribution in [0.2, 0.25) is 0 Å². The predicted molar refractivity (Wildman–Crippen MR) is 64.4 cm³/mol. The molecule has 0 aromatic carbocycles. The average molecular weight is 299 g/mol. The molecule has 1 heterocycles. The topological polar surface area (TPSA) is 59.3 Å². The van der Waals surface area contributed by atoms with Crippen LogP contribution < -0.4 is 0 Å². The van der Waals surface area contributed by atoms with Crippen molar-refractivity contribution in [2.24, 2.45) is 0 Å². The normalized spacial score (nSPS) is 14.6. The van der Waals surface area contributed by atoms with Crippen LogP contribution >= 0.6 is 0 Å². The lowest BCUT2D eigenvalue weighted by Gasteiger charge is -2.12. The van der Waals surface area contributed by atoms with E-state index in [-0.39, 0.29) is 23.6 Å². The standard InChI is InChI=1S/C11H16F3NO3S/c1-2-6-19(17,18)7-5-15-4-3-9(8-15)10(16)11(12,13)14/h3-4,8,10,16H,2,5-7H2,1H3. The predicted octanol–water partition coefficient (Wildman–Crippen LogP) is 1.91. The molecule has 0 fully saturated rings. The van der Waals surface area contributed by atoms with Crippen molar-refractivity contribution in [3.63, 3.8) is 0 Å². The second-order valence-corrected chi connectivity index (χ2v) is 6.58. The van der Waals surface area contributed by atoms with Crippen LogP contribution in [-0.4, -0.2) is 35.8 Å². The summed E-state index contributed by atoms with van der Waals surface area (Å²) in [5, 5.41) is 9.03. The summed E-state index contributed by atoms with van der Waals surface area (Å²) in [6.45, 7) is 1.82. The summed E-state index contributed by atoms with van der Waals surface area (Å²) in [6.07, 6.45) is -4.32. The van der Waals surface area contributed by atoms with Crippen LogP contribution in [0.3, 0.4) is 0 Å². The Morgan fingerprint density at radius 3 is 2.53 bits per heavy atom. The zero-order chi connectivity index (χ0) is 14.7. The lowest BCUT2D eigenvalue weighted by molar-refractivity contribution is -0.206. The number of hydrogen-bond donors (Lipinski definition) is 1. The number of hydrogen-bond acceptors (Lipinski definition) is 3. The van der Waals surface area contributed by atoms with Crippen LogP contribution in [0.5, 0.6) is 0 Å². The lowest BCUT2D eigenvalue weighted by Crippen LogP contribution is -2.19. The molecule has 1 aromatic heterocycles. The number of aliphatic hydroxyl groups is 1. The number of halogens is 3. The Balaban J connectivity index is 2.66. The maximum atomic E-state index is 12.3. The Hall–Kier alpha value is -1.02. The van der Waals surface area contributed by atoms with Crippen molar-refractivity contribution in [1.82, 2.24) is 4.57 Å². The third-order valence-corrected chi connectivity index (χ3v) is 4.41. The van der Waals surface area contributed by atoms with Crippen molar-refractivity contribution in [3.8, 4) is 0 Å². The van der Waals surface area contributed by atoms with Crippen molar-refractivity contribution >= 4 is 9.84 Å². The molecule has 1 rings (SSSR count). The van der Waals surface area contributed by atoms with E-state index in [0.717, 1.165) is 12.3 Å². The number of aryl methyl sites for hydroxylation is 1. The molecule has 110 valence electrons. The van der Waals surface area contributed by atoms with Gasteiger partial charge in [0.25, 0.3) is 0 Å². The van der Waals surface area contributed by atoms with Crippen molar-refractivity contribution in [1.29, 1.82) is 0 Å². The first-order valence-corrected chi connectivity index (χ1v) is 7.58. The monoisotopic (exact) mass is 299 g/mol. The maximum Gasteiger partial charge on any atom is 0.418 e. The van der Waals surface area contributed by atoms with Gasteiger partial charge in [-0.2, -0.15) is 13.2 Å². The molecule has 4 nitrogen and oxygen atoms in total. The fourth-order valence-corrected chi connectivity index (χ4v) is 2.92. The Bertz CT molecular complexity index is 508. The van der Waals surface area contributed by atoms with Crippen molar-refractivity contribution < 1.29 is 26.7 Å². The van der Waals surface area contributed by atoms with Crippen LogP contribution in [-0.2, 0) is 16.4 Å². The van der Waals surface area contributed by atoms with E-state index in [1.165, 1.54) is 10.8 Å². The summed E-state index contributed by atoms with van der Waals surface area (Å²) in [5.41, 5.74) is -0.291. The summed E-state index contributed by atoms with van der Waals surface area (Å²) in [7, 11) is -3.17. The molecule has 0 radical (unpaired) electrons. The highest BCUT2D eigenvalue weighted by Crippen LogP contribution is 2.32. The van der Waals surface area contributed by atoms with Crippen LogP contribution in [0.25, 0.3) is 0 Å². The molecule has 1 unspecified atom stereocenters. The van der Waals surface area contributed by atoms with Gasteiger partial charge in [0, 0.05) is 30.3 Å². The largest absolute Gasteiger partial charge is 0.418 e. The van der Waals surface area contributed by atoms with Crippen LogP contribution in [0.1, 0.15) is 25.0 Å². The third kappa shape index (κ3) is 4.87. The Morgan fingerprint density at radius 1 is 1.37 bits per heavy atom. The van der Waals surface area contributed by atoms with E-state index in [2.05, 4.69) is 0 Å². The van der Waals surface area contributed by atoms with Crippen molar-refractivity contribution in [3.05, 3.63) is 24.0 Å². The van der Waals surface area contributed by atoms with Gasteiger partial charge in [-0.25, -0.2) is 8.42 Å². The molecular formula is C11H16F3NO3S. The zero-order valence-corrected chi connectivity index (χ0v) is 11.2. The van der Waals surface area contributed by atoms with Crippen molar-refractivity contribution in [2.75, 3.05) is 11.5 Å². The summed E-state index contributed by atoms with van der Waals surface area (Å²) in [6, 6.07) is 1.13. The van der Waals surface area contributed by atoms with Gasteiger partial charge < -0.3 is 9.67 Å². The highest BCUT2D eigenvalue weighted by atomic mass is 32.2. The van der Waals surface area contributed by atoms with E-state index >= 15 is 0 Å². The molecule has 0 aliphatic heterocycles.